The third kappa shape index (κ3) is 4.24. The van der Waals surface area contributed by atoms with E-state index in [2.05, 4.69) is 66.6 Å². The van der Waals surface area contributed by atoms with E-state index in [0.29, 0.717) is 23.8 Å². The Hall–Kier alpha value is -6.32. The van der Waals surface area contributed by atoms with Crippen molar-refractivity contribution >= 4 is 59.6 Å². The number of benzene rings is 2. The van der Waals surface area contributed by atoms with Crippen LogP contribution in [0.25, 0.3) is 0 Å². The first-order valence-electron chi connectivity index (χ1n) is 13.0. The number of anilines is 7. The van der Waals surface area contributed by atoms with E-state index in [1.54, 1.807) is 7.05 Å². The van der Waals surface area contributed by atoms with Gasteiger partial charge in [0.15, 0.2) is 12.3 Å². The van der Waals surface area contributed by atoms with E-state index in [1.165, 1.54) is 44.3 Å². The maximum atomic E-state index is 4.56. The molecule has 16 nitrogen and oxygen atoms in total. The Morgan fingerprint density at radius 1 is 0.628 bits per heavy atom. The fourth-order valence-corrected chi connectivity index (χ4v) is 5.37. The first-order chi connectivity index (χ1) is 21.3. The molecule has 0 spiro atoms. The molecule has 7 rings (SSSR count). The molecule has 0 saturated carbocycles. The van der Waals surface area contributed by atoms with Crippen molar-refractivity contribution in [3.05, 3.63) is 86.5 Å². The number of nitrogens with zero attached hydrogens (tertiary/aromatic N) is 16. The van der Waals surface area contributed by atoms with Crippen LogP contribution in [0.5, 0.6) is 0 Å². The third-order valence-corrected chi connectivity index (χ3v) is 6.88. The lowest BCUT2D eigenvalue weighted by atomic mass is 10.2. The Morgan fingerprint density at radius 2 is 1.02 bits per heavy atom. The summed E-state index contributed by atoms with van der Waals surface area (Å²) in [6, 6.07) is 15.7. The van der Waals surface area contributed by atoms with Crippen molar-refractivity contribution < 1.29 is 0 Å². The van der Waals surface area contributed by atoms with Gasteiger partial charge >= 0.3 is 0 Å². The summed E-state index contributed by atoms with van der Waals surface area (Å²) in [5.74, 6) is 1.57. The third-order valence-electron chi connectivity index (χ3n) is 6.88. The molecular formula is C27H22N16. The van der Waals surface area contributed by atoms with Crippen LogP contribution in [0.2, 0.25) is 0 Å². The Morgan fingerprint density at radius 3 is 1.44 bits per heavy atom. The number of rotatable bonds is 5. The number of hydrogen-bond donors (Lipinski definition) is 0. The van der Waals surface area contributed by atoms with Gasteiger partial charge in [0.1, 0.15) is 44.3 Å². The van der Waals surface area contributed by atoms with Gasteiger partial charge < -0.3 is 0 Å². The number of hydrogen-bond acceptors (Lipinski definition) is 13. The lowest BCUT2D eigenvalue weighted by molar-refractivity contribution is 0.536. The van der Waals surface area contributed by atoms with Gasteiger partial charge in [-0.15, -0.1) is 0 Å². The van der Waals surface area contributed by atoms with E-state index in [4.69, 9.17) is 0 Å². The van der Waals surface area contributed by atoms with Gasteiger partial charge in [-0.3, -0.25) is 29.6 Å². The minimum Gasteiger partial charge on any atom is -0.283 e. The highest BCUT2D eigenvalue weighted by Gasteiger charge is 2.54. The average molecular weight is 571 g/mol. The number of guanidine groups is 1. The molecule has 2 aliphatic rings. The van der Waals surface area contributed by atoms with Crippen LogP contribution < -0.4 is 19.6 Å². The van der Waals surface area contributed by atoms with Gasteiger partial charge in [0.05, 0.1) is 22.7 Å². The molecule has 0 bridgehead atoms. The van der Waals surface area contributed by atoms with Crippen LogP contribution in [0.1, 0.15) is 0 Å². The standard InChI is InChI=1S/C27H22N16/c1-28-11-33-24(29-2)40-18-7-3-4-8-19(18)41(25-34-12-30-13-35-25)22(40)23-42(26-36-14-31-15-37-26)20-9-5-6-10-21(20)43(23)27-38-16-32-17-39-27/h3-17,22-23H,1H2,2H3. The smallest absolute Gasteiger partial charge is 0.234 e. The molecule has 43 heavy (non-hydrogen) atoms. The second-order valence-corrected chi connectivity index (χ2v) is 9.05. The van der Waals surface area contributed by atoms with Gasteiger partial charge in [-0.2, -0.15) is 0 Å². The van der Waals surface area contributed by atoms with Crippen LogP contribution in [0.15, 0.2) is 101 Å². The minimum atomic E-state index is -0.665. The molecule has 5 heterocycles. The number of fused-ring (bicyclic) bond motifs is 2. The molecule has 3 aromatic heterocycles. The van der Waals surface area contributed by atoms with Crippen molar-refractivity contribution in [3.8, 4) is 0 Å². The number of aliphatic imine (C=N–C) groups is 3. The zero-order chi connectivity index (χ0) is 29.2. The van der Waals surface area contributed by atoms with Crippen LogP contribution >= 0.6 is 0 Å². The van der Waals surface area contributed by atoms with Crippen molar-refractivity contribution in [2.45, 2.75) is 12.3 Å². The summed E-state index contributed by atoms with van der Waals surface area (Å²) in [5, 5.41) is 0. The summed E-state index contributed by atoms with van der Waals surface area (Å²) in [4.78, 5) is 60.5. The Kier molecular flexibility index (Phi) is 6.51. The van der Waals surface area contributed by atoms with Crippen molar-refractivity contribution in [3.63, 3.8) is 0 Å². The normalized spacial score (nSPS) is 16.6. The summed E-state index contributed by atoms with van der Waals surface area (Å²) in [7, 11) is 1.66. The van der Waals surface area contributed by atoms with E-state index in [1.807, 2.05) is 68.1 Å². The van der Waals surface area contributed by atoms with Crippen LogP contribution in [-0.2, 0) is 0 Å². The van der Waals surface area contributed by atoms with E-state index in [-0.39, 0.29) is 0 Å². The Labute approximate surface area is 245 Å². The SMILES string of the molecule is C=NC=NC(=NC)N1c2ccccc2N(c2ncncn2)C1C1N(c2ncncn2)c2ccccc2N1c1ncncn1. The van der Waals surface area contributed by atoms with Crippen molar-refractivity contribution in [1.82, 2.24) is 44.9 Å². The molecule has 0 fully saturated rings. The molecule has 0 aliphatic carbocycles. The summed E-state index contributed by atoms with van der Waals surface area (Å²) in [6.07, 6.45) is 8.76. The number of aromatic nitrogens is 9. The van der Waals surface area contributed by atoms with E-state index in [0.717, 1.165) is 22.7 Å². The van der Waals surface area contributed by atoms with E-state index < -0.39 is 12.3 Å². The Balaban J connectivity index is 1.54. The van der Waals surface area contributed by atoms with Crippen molar-refractivity contribution in [2.24, 2.45) is 15.0 Å². The molecule has 210 valence electrons. The first-order valence-corrected chi connectivity index (χ1v) is 13.0. The highest BCUT2D eigenvalue weighted by atomic mass is 15.6. The van der Waals surface area contributed by atoms with Crippen molar-refractivity contribution in [1.29, 1.82) is 0 Å². The summed E-state index contributed by atoms with van der Waals surface area (Å²) in [6.45, 7) is 3.56. The predicted octanol–water partition coefficient (Wildman–Crippen LogP) is 2.56. The zero-order valence-electron chi connectivity index (χ0n) is 22.7. The van der Waals surface area contributed by atoms with Crippen LogP contribution in [0, 0.1) is 0 Å². The summed E-state index contributed by atoms with van der Waals surface area (Å²) in [5.41, 5.74) is 3.24. The van der Waals surface area contributed by atoms with Crippen LogP contribution in [0.4, 0.5) is 40.6 Å². The van der Waals surface area contributed by atoms with Gasteiger partial charge in [0, 0.05) is 7.05 Å². The summed E-state index contributed by atoms with van der Waals surface area (Å²) < 4.78 is 0. The van der Waals surface area contributed by atoms with Gasteiger partial charge in [0.25, 0.3) is 0 Å². The second kappa shape index (κ2) is 10.9. The molecular weight excluding hydrogens is 548 g/mol. The highest BCUT2D eigenvalue weighted by molar-refractivity contribution is 6.07. The lowest BCUT2D eigenvalue weighted by Crippen LogP contribution is -2.61. The van der Waals surface area contributed by atoms with E-state index in [9.17, 15) is 0 Å². The Bertz CT molecular complexity index is 1730. The summed E-state index contributed by atoms with van der Waals surface area (Å²) >= 11 is 0. The molecule has 2 aromatic carbocycles. The van der Waals surface area contributed by atoms with Crippen molar-refractivity contribution in [2.75, 3.05) is 26.6 Å². The molecule has 5 aromatic rings. The average Bonchev–Trinajstić information content (AvgIpc) is 3.60. The predicted molar refractivity (Wildman–Crippen MR) is 160 cm³/mol. The fraction of sp³-hybridized carbons (Fsp3) is 0.111. The molecule has 0 N–H and O–H groups in total. The molecule has 16 heteroatoms. The topological polar surface area (TPSA) is 166 Å². The maximum Gasteiger partial charge on any atom is 0.234 e. The van der Waals surface area contributed by atoms with Gasteiger partial charge in [-0.1, -0.05) is 24.3 Å². The molecule has 0 radical (unpaired) electrons. The maximum absolute atomic E-state index is 4.56. The highest BCUT2D eigenvalue weighted by Crippen LogP contribution is 2.52. The molecule has 1 unspecified atom stereocenters. The lowest BCUT2D eigenvalue weighted by Gasteiger charge is -2.41. The fourth-order valence-electron chi connectivity index (χ4n) is 5.37. The van der Waals surface area contributed by atoms with Crippen LogP contribution in [0.3, 0.4) is 0 Å². The monoisotopic (exact) mass is 570 g/mol. The second-order valence-electron chi connectivity index (χ2n) is 9.05. The molecule has 0 amide bonds. The molecule has 1 atom stereocenters. The zero-order valence-corrected chi connectivity index (χ0v) is 22.7. The number of para-hydroxylation sites is 4. The van der Waals surface area contributed by atoms with Gasteiger partial charge in [-0.05, 0) is 31.0 Å². The van der Waals surface area contributed by atoms with Gasteiger partial charge in [-0.25, -0.2) is 49.8 Å². The quantitative estimate of drug-likeness (QED) is 0.224. The minimum absolute atomic E-state index is 0.364. The van der Waals surface area contributed by atoms with Gasteiger partial charge in [0.2, 0.25) is 23.8 Å². The molecule has 0 saturated heterocycles. The molecule has 2 aliphatic heterocycles. The largest absolute Gasteiger partial charge is 0.283 e. The van der Waals surface area contributed by atoms with Crippen LogP contribution in [-0.4, -0.2) is 83.3 Å². The van der Waals surface area contributed by atoms with E-state index >= 15 is 0 Å². The first kappa shape index (κ1) is 25.6.